The van der Waals surface area contributed by atoms with Crippen LogP contribution in [0.3, 0.4) is 0 Å². The van der Waals surface area contributed by atoms with Gasteiger partial charge < -0.3 is 9.30 Å². The molecule has 7 nitrogen and oxygen atoms in total. The van der Waals surface area contributed by atoms with Crippen molar-refractivity contribution in [1.29, 1.82) is 0 Å². The molecule has 2 aromatic carbocycles. The fourth-order valence-electron chi connectivity index (χ4n) is 3.19. The summed E-state index contributed by atoms with van der Waals surface area (Å²) in [5, 5.41) is 8.10. The van der Waals surface area contributed by atoms with E-state index in [-0.39, 0.29) is 32.7 Å². The maximum Gasteiger partial charge on any atom is 0.261 e. The molecule has 3 rings (SSSR count). The smallest absolute Gasteiger partial charge is 0.261 e. The van der Waals surface area contributed by atoms with E-state index in [9.17, 15) is 12.8 Å². The molecule has 0 unspecified atom stereocenters. The monoisotopic (exact) mass is 480 g/mol. The van der Waals surface area contributed by atoms with Crippen molar-refractivity contribution in [1.82, 2.24) is 14.8 Å². The van der Waals surface area contributed by atoms with E-state index < -0.39 is 15.8 Å². The van der Waals surface area contributed by atoms with E-state index in [0.29, 0.717) is 11.6 Å². The molecular weight excluding hydrogens is 455 g/mol. The Hall–Kier alpha value is -2.49. The quantitative estimate of drug-likeness (QED) is 0.531. The van der Waals surface area contributed by atoms with Crippen LogP contribution < -0.4 is 4.72 Å². The highest BCUT2D eigenvalue weighted by Gasteiger charge is 2.23. The number of anilines is 1. The van der Waals surface area contributed by atoms with E-state index in [4.69, 9.17) is 16.3 Å². The van der Waals surface area contributed by atoms with Crippen molar-refractivity contribution in [2.24, 2.45) is 7.05 Å². The zero-order valence-electron chi connectivity index (χ0n) is 18.8. The maximum atomic E-state index is 14.3. The van der Waals surface area contributed by atoms with Gasteiger partial charge in [-0.1, -0.05) is 44.5 Å². The highest BCUT2D eigenvalue weighted by Crippen LogP contribution is 2.34. The number of hydrogen-bond donors (Lipinski definition) is 1. The van der Waals surface area contributed by atoms with Crippen molar-refractivity contribution in [3.63, 3.8) is 0 Å². The fourth-order valence-corrected chi connectivity index (χ4v) is 4.42. The number of rotatable bonds is 6. The highest BCUT2D eigenvalue weighted by molar-refractivity contribution is 7.92. The largest absolute Gasteiger partial charge is 0.374 e. The summed E-state index contributed by atoms with van der Waals surface area (Å²) in [6.45, 7) is 7.92. The number of methoxy groups -OCH3 is 1. The van der Waals surface area contributed by atoms with Crippen molar-refractivity contribution < 1.29 is 17.5 Å². The Balaban J connectivity index is 2.05. The fraction of sp³-hybridized carbons (Fsp3) is 0.364. The third-order valence-corrected chi connectivity index (χ3v) is 6.87. The van der Waals surface area contributed by atoms with Crippen LogP contribution in [-0.2, 0) is 27.2 Å². The first kappa shape index (κ1) is 24.2. The molecule has 0 spiro atoms. The number of nitrogens with one attached hydrogen (secondary N) is 1. The first-order chi connectivity index (χ1) is 14.8. The molecule has 0 aliphatic rings. The third-order valence-electron chi connectivity index (χ3n) is 5.20. The maximum absolute atomic E-state index is 14.3. The van der Waals surface area contributed by atoms with E-state index >= 15 is 0 Å². The molecule has 0 saturated heterocycles. The van der Waals surface area contributed by atoms with E-state index in [1.54, 1.807) is 30.7 Å². The van der Waals surface area contributed by atoms with Crippen LogP contribution >= 0.6 is 11.6 Å². The summed E-state index contributed by atoms with van der Waals surface area (Å²) >= 11 is 6.00. The lowest BCUT2D eigenvalue weighted by Gasteiger charge is -2.19. The van der Waals surface area contributed by atoms with Gasteiger partial charge >= 0.3 is 0 Å². The first-order valence-corrected chi connectivity index (χ1v) is 11.8. The molecule has 0 radical (unpaired) electrons. The van der Waals surface area contributed by atoms with Crippen LogP contribution in [0, 0.1) is 5.82 Å². The average molecular weight is 481 g/mol. The minimum absolute atomic E-state index is 0.00100. The molecule has 0 aliphatic carbocycles. The Morgan fingerprint density at radius 1 is 1.16 bits per heavy atom. The summed E-state index contributed by atoms with van der Waals surface area (Å²) in [6.07, 6.45) is -0.348. The van der Waals surface area contributed by atoms with Crippen molar-refractivity contribution in [3.05, 3.63) is 58.6 Å². The molecule has 0 bridgehead atoms. The summed E-state index contributed by atoms with van der Waals surface area (Å²) in [4.78, 5) is 0.0541. The third kappa shape index (κ3) is 4.79. The Morgan fingerprint density at radius 2 is 1.78 bits per heavy atom. The molecule has 172 valence electrons. The van der Waals surface area contributed by atoms with E-state index in [1.807, 2.05) is 20.8 Å². The molecule has 1 aromatic heterocycles. The Morgan fingerprint density at radius 3 is 2.34 bits per heavy atom. The molecule has 0 amide bonds. The van der Waals surface area contributed by atoms with Crippen molar-refractivity contribution in [2.45, 2.75) is 44.1 Å². The van der Waals surface area contributed by atoms with Gasteiger partial charge in [0.05, 0.1) is 15.6 Å². The normalized spacial score (nSPS) is 13.2. The average Bonchev–Trinajstić information content (AvgIpc) is 3.10. The van der Waals surface area contributed by atoms with E-state index in [2.05, 4.69) is 14.9 Å². The summed E-state index contributed by atoms with van der Waals surface area (Å²) in [5.74, 6) is 0.0740. The molecule has 0 fully saturated rings. The first-order valence-electron chi connectivity index (χ1n) is 9.90. The van der Waals surface area contributed by atoms with Gasteiger partial charge in [-0.15, -0.1) is 10.2 Å². The number of aromatic nitrogens is 3. The van der Waals surface area contributed by atoms with Gasteiger partial charge in [0.25, 0.3) is 10.0 Å². The summed E-state index contributed by atoms with van der Waals surface area (Å²) < 4.78 is 49.8. The second-order valence-electron chi connectivity index (χ2n) is 8.51. The number of halogens is 2. The topological polar surface area (TPSA) is 86.1 Å². The lowest BCUT2D eigenvalue weighted by Crippen LogP contribution is -2.16. The Kier molecular flexibility index (Phi) is 6.65. The van der Waals surface area contributed by atoms with Crippen LogP contribution in [0.2, 0.25) is 5.02 Å². The van der Waals surface area contributed by atoms with Crippen molar-refractivity contribution in [3.8, 4) is 11.4 Å². The van der Waals surface area contributed by atoms with Crippen molar-refractivity contribution >= 4 is 27.3 Å². The van der Waals surface area contributed by atoms with Crippen LogP contribution in [0.25, 0.3) is 11.4 Å². The number of sulfonamides is 1. The van der Waals surface area contributed by atoms with Gasteiger partial charge in [0.15, 0.2) is 11.6 Å². The summed E-state index contributed by atoms with van der Waals surface area (Å²) in [6, 6.07) is 8.93. The molecular formula is C22H26ClFN4O3S. The minimum Gasteiger partial charge on any atom is -0.374 e. The second kappa shape index (κ2) is 8.80. The molecule has 0 saturated carbocycles. The standard InChI is InChI=1S/C22H26ClFN4O3S/c1-13(31-6)20-25-26-21(28(20)5)16-11-17(23)18(24)12-19(16)27-32(29,30)15-9-7-14(8-10-15)22(2,3)4/h7-13,27H,1-6H3/t13-/m0/s1. The van der Waals surface area contributed by atoms with E-state index in [1.165, 1.54) is 25.3 Å². The molecule has 0 aliphatic heterocycles. The SMILES string of the molecule is CO[C@@H](C)c1nnc(-c2cc(Cl)c(F)cc2NS(=O)(=O)c2ccc(C(C)(C)C)cc2)n1C. The van der Waals surface area contributed by atoms with Crippen LogP contribution in [0.4, 0.5) is 10.1 Å². The summed E-state index contributed by atoms with van der Waals surface area (Å²) in [7, 11) is -0.755. The van der Waals surface area contributed by atoms with Crippen LogP contribution in [0.15, 0.2) is 41.3 Å². The van der Waals surface area contributed by atoms with Crippen molar-refractivity contribution in [2.75, 3.05) is 11.8 Å². The molecule has 1 heterocycles. The molecule has 10 heteroatoms. The molecule has 1 atom stereocenters. The van der Waals surface area contributed by atoms with Gasteiger partial charge in [0.2, 0.25) is 0 Å². The minimum atomic E-state index is -4.00. The van der Waals surface area contributed by atoms with Gasteiger partial charge in [0.1, 0.15) is 11.9 Å². The van der Waals surface area contributed by atoms with Gasteiger partial charge in [-0.25, -0.2) is 12.8 Å². The Labute approximate surface area is 192 Å². The lowest BCUT2D eigenvalue weighted by molar-refractivity contribution is 0.109. The summed E-state index contributed by atoms with van der Waals surface area (Å²) in [5.41, 5.74) is 1.16. The van der Waals surface area contributed by atoms with Gasteiger partial charge in [-0.3, -0.25) is 4.72 Å². The lowest BCUT2D eigenvalue weighted by atomic mass is 9.87. The molecule has 3 aromatic rings. The number of hydrogen-bond acceptors (Lipinski definition) is 5. The number of benzene rings is 2. The molecule has 32 heavy (non-hydrogen) atoms. The van der Waals surface area contributed by atoms with Crippen LogP contribution in [-0.4, -0.2) is 30.3 Å². The highest BCUT2D eigenvalue weighted by atomic mass is 35.5. The number of nitrogens with zero attached hydrogens (tertiary/aromatic N) is 3. The predicted molar refractivity (Wildman–Crippen MR) is 123 cm³/mol. The zero-order valence-corrected chi connectivity index (χ0v) is 20.3. The zero-order chi connectivity index (χ0) is 23.8. The van der Waals surface area contributed by atoms with Crippen LogP contribution in [0.1, 0.15) is 45.2 Å². The predicted octanol–water partition coefficient (Wildman–Crippen LogP) is 5.08. The second-order valence-corrected chi connectivity index (χ2v) is 10.6. The molecule has 1 N–H and O–H groups in total. The van der Waals surface area contributed by atoms with Gasteiger partial charge in [0, 0.05) is 25.8 Å². The van der Waals surface area contributed by atoms with Gasteiger partial charge in [-0.05, 0) is 36.1 Å². The Bertz CT molecular complexity index is 1240. The van der Waals surface area contributed by atoms with Crippen LogP contribution in [0.5, 0.6) is 0 Å². The number of ether oxygens (including phenoxy) is 1. The van der Waals surface area contributed by atoms with Gasteiger partial charge in [-0.2, -0.15) is 0 Å². The van der Waals surface area contributed by atoms with E-state index in [0.717, 1.165) is 11.6 Å².